The van der Waals surface area contributed by atoms with E-state index in [9.17, 15) is 9.59 Å². The van der Waals surface area contributed by atoms with Gasteiger partial charge < -0.3 is 19.8 Å². The second kappa shape index (κ2) is 9.08. The molecular formula is C27H21N3O4S. The standard InChI is InChI=1S/C27H21N3O4S/c1-33-18-11-13-24(34-2)23(15-18)30-26(32)20-12-10-17(14-22(20)29-27(30)35)25(31)28-21-9-5-7-16-6-3-4-8-19(16)21/h3-15H,1-2H3,(H,28,31)(H,29,35). The Morgan fingerprint density at radius 1 is 0.914 bits per heavy atom. The zero-order valence-corrected chi connectivity index (χ0v) is 19.8. The molecule has 5 rings (SSSR count). The number of aromatic nitrogens is 2. The van der Waals surface area contributed by atoms with E-state index >= 15 is 0 Å². The van der Waals surface area contributed by atoms with Gasteiger partial charge in [0.25, 0.3) is 11.5 Å². The number of H-pyrrole nitrogens is 1. The molecule has 0 radical (unpaired) electrons. The number of fused-ring (bicyclic) bond motifs is 2. The Hall–Kier alpha value is -4.43. The molecule has 0 atom stereocenters. The van der Waals surface area contributed by atoms with Gasteiger partial charge in [0.15, 0.2) is 4.77 Å². The van der Waals surface area contributed by atoms with Crippen molar-refractivity contribution in [3.8, 4) is 17.2 Å². The number of aromatic amines is 1. The maximum atomic E-state index is 13.4. The average molecular weight is 484 g/mol. The number of anilines is 1. The number of nitrogens with one attached hydrogen (secondary N) is 2. The number of hydrogen-bond donors (Lipinski definition) is 2. The fourth-order valence-electron chi connectivity index (χ4n) is 4.08. The summed E-state index contributed by atoms with van der Waals surface area (Å²) in [4.78, 5) is 29.5. The molecule has 1 aromatic heterocycles. The van der Waals surface area contributed by atoms with Gasteiger partial charge in [-0.1, -0.05) is 36.4 Å². The van der Waals surface area contributed by atoms with Crippen molar-refractivity contribution in [2.45, 2.75) is 0 Å². The van der Waals surface area contributed by atoms with E-state index in [0.717, 1.165) is 10.8 Å². The van der Waals surface area contributed by atoms with E-state index in [2.05, 4.69) is 10.3 Å². The van der Waals surface area contributed by atoms with E-state index in [1.165, 1.54) is 11.7 Å². The Labute approximate surface area is 205 Å². The highest BCUT2D eigenvalue weighted by atomic mass is 32.1. The minimum atomic E-state index is -0.337. The predicted molar refractivity (Wildman–Crippen MR) is 140 cm³/mol. The van der Waals surface area contributed by atoms with E-state index in [0.29, 0.717) is 39.3 Å². The zero-order chi connectivity index (χ0) is 24.5. The number of hydrogen-bond acceptors (Lipinski definition) is 5. The van der Waals surface area contributed by atoms with Gasteiger partial charge in [-0.2, -0.15) is 0 Å². The summed E-state index contributed by atoms with van der Waals surface area (Å²) in [5.41, 5.74) is 1.69. The van der Waals surface area contributed by atoms with Crippen molar-refractivity contribution in [3.05, 3.63) is 99.6 Å². The molecular weight excluding hydrogens is 462 g/mol. The van der Waals surface area contributed by atoms with Crippen LogP contribution in [0.4, 0.5) is 5.69 Å². The molecule has 174 valence electrons. The van der Waals surface area contributed by atoms with Crippen molar-refractivity contribution in [1.29, 1.82) is 0 Å². The summed E-state index contributed by atoms with van der Waals surface area (Å²) in [5.74, 6) is 0.738. The molecule has 2 N–H and O–H groups in total. The number of nitrogens with zero attached hydrogens (tertiary/aromatic N) is 1. The van der Waals surface area contributed by atoms with Crippen molar-refractivity contribution in [3.63, 3.8) is 0 Å². The highest BCUT2D eigenvalue weighted by Gasteiger charge is 2.15. The Bertz CT molecular complexity index is 1720. The van der Waals surface area contributed by atoms with Crippen LogP contribution in [0, 0.1) is 4.77 Å². The number of ether oxygens (including phenoxy) is 2. The predicted octanol–water partition coefficient (Wildman–Crippen LogP) is 5.47. The molecule has 7 nitrogen and oxygen atoms in total. The van der Waals surface area contributed by atoms with Crippen LogP contribution in [-0.4, -0.2) is 29.7 Å². The van der Waals surface area contributed by atoms with E-state index in [4.69, 9.17) is 21.7 Å². The summed E-state index contributed by atoms with van der Waals surface area (Å²) < 4.78 is 12.3. The third-order valence-electron chi connectivity index (χ3n) is 5.82. The summed E-state index contributed by atoms with van der Waals surface area (Å²) in [6.07, 6.45) is 0. The van der Waals surface area contributed by atoms with Gasteiger partial charge in [-0.05, 0) is 54.0 Å². The number of rotatable bonds is 5. The fraction of sp³-hybridized carbons (Fsp3) is 0.0741. The molecule has 8 heteroatoms. The van der Waals surface area contributed by atoms with Gasteiger partial charge in [-0.15, -0.1) is 0 Å². The van der Waals surface area contributed by atoms with Crippen molar-refractivity contribution in [1.82, 2.24) is 9.55 Å². The van der Waals surface area contributed by atoms with Crippen LogP contribution in [-0.2, 0) is 0 Å². The fourth-order valence-corrected chi connectivity index (χ4v) is 4.37. The van der Waals surface area contributed by atoms with E-state index in [1.54, 1.807) is 43.5 Å². The molecule has 1 heterocycles. The molecule has 1 amide bonds. The molecule has 4 aromatic carbocycles. The number of methoxy groups -OCH3 is 2. The highest BCUT2D eigenvalue weighted by molar-refractivity contribution is 7.71. The second-order valence-electron chi connectivity index (χ2n) is 7.85. The summed E-state index contributed by atoms with van der Waals surface area (Å²) in [5, 5.41) is 5.32. The van der Waals surface area contributed by atoms with E-state index in [-0.39, 0.29) is 16.2 Å². The van der Waals surface area contributed by atoms with Crippen LogP contribution in [0.1, 0.15) is 10.4 Å². The first kappa shape index (κ1) is 22.4. The van der Waals surface area contributed by atoms with Crippen LogP contribution in [0.2, 0.25) is 0 Å². The zero-order valence-electron chi connectivity index (χ0n) is 19.0. The van der Waals surface area contributed by atoms with Crippen LogP contribution in [0.3, 0.4) is 0 Å². The van der Waals surface area contributed by atoms with Gasteiger partial charge in [-0.3, -0.25) is 9.59 Å². The van der Waals surface area contributed by atoms with Gasteiger partial charge in [0.2, 0.25) is 0 Å². The number of benzene rings is 4. The van der Waals surface area contributed by atoms with Crippen LogP contribution in [0.25, 0.3) is 27.4 Å². The Kier molecular flexibility index (Phi) is 5.80. The maximum Gasteiger partial charge on any atom is 0.266 e. The molecule has 0 aliphatic heterocycles. The maximum absolute atomic E-state index is 13.4. The molecule has 0 saturated carbocycles. The lowest BCUT2D eigenvalue weighted by Gasteiger charge is -2.14. The molecule has 0 saturated heterocycles. The normalized spacial score (nSPS) is 10.9. The lowest BCUT2D eigenvalue weighted by atomic mass is 10.1. The summed E-state index contributed by atoms with van der Waals surface area (Å²) in [6.45, 7) is 0. The summed E-state index contributed by atoms with van der Waals surface area (Å²) >= 11 is 5.51. The number of carbonyl (C=O) groups is 1. The lowest BCUT2D eigenvalue weighted by Crippen LogP contribution is -2.21. The molecule has 5 aromatic rings. The number of carbonyl (C=O) groups excluding carboxylic acids is 1. The first-order valence-electron chi connectivity index (χ1n) is 10.8. The Morgan fingerprint density at radius 3 is 2.51 bits per heavy atom. The van der Waals surface area contributed by atoms with Crippen molar-refractivity contribution in [2.75, 3.05) is 19.5 Å². The Balaban J connectivity index is 1.56. The van der Waals surface area contributed by atoms with Crippen LogP contribution >= 0.6 is 12.2 Å². The van der Waals surface area contributed by atoms with Crippen LogP contribution < -0.4 is 20.3 Å². The molecule has 0 spiro atoms. The largest absolute Gasteiger partial charge is 0.497 e. The van der Waals surface area contributed by atoms with Gasteiger partial charge in [-0.25, -0.2) is 4.57 Å². The van der Waals surface area contributed by atoms with Gasteiger partial charge in [0, 0.05) is 22.7 Å². The van der Waals surface area contributed by atoms with Crippen molar-refractivity contribution < 1.29 is 14.3 Å². The van der Waals surface area contributed by atoms with Crippen molar-refractivity contribution in [2.24, 2.45) is 0 Å². The first-order chi connectivity index (χ1) is 17.0. The van der Waals surface area contributed by atoms with Gasteiger partial charge in [0.1, 0.15) is 11.5 Å². The molecule has 35 heavy (non-hydrogen) atoms. The molecule has 0 bridgehead atoms. The van der Waals surface area contributed by atoms with Crippen LogP contribution in [0.5, 0.6) is 11.5 Å². The highest BCUT2D eigenvalue weighted by Crippen LogP contribution is 2.28. The quantitative estimate of drug-likeness (QED) is 0.324. The number of amides is 1. The lowest BCUT2D eigenvalue weighted by molar-refractivity contribution is 0.102. The second-order valence-corrected chi connectivity index (χ2v) is 8.24. The Morgan fingerprint density at radius 2 is 1.71 bits per heavy atom. The topological polar surface area (TPSA) is 85.3 Å². The van der Waals surface area contributed by atoms with Crippen molar-refractivity contribution >= 4 is 45.5 Å². The van der Waals surface area contributed by atoms with Crippen LogP contribution in [0.15, 0.2) is 83.7 Å². The van der Waals surface area contributed by atoms with Gasteiger partial charge >= 0.3 is 0 Å². The first-order valence-corrected chi connectivity index (χ1v) is 11.2. The minimum Gasteiger partial charge on any atom is -0.497 e. The molecule has 0 aliphatic carbocycles. The average Bonchev–Trinajstić information content (AvgIpc) is 2.88. The summed E-state index contributed by atoms with van der Waals surface area (Å²) in [7, 11) is 3.06. The molecule has 0 aliphatic rings. The molecule has 0 fully saturated rings. The van der Waals surface area contributed by atoms with E-state index in [1.807, 2.05) is 42.5 Å². The van der Waals surface area contributed by atoms with E-state index < -0.39 is 0 Å². The summed E-state index contributed by atoms with van der Waals surface area (Å²) in [6, 6.07) is 23.6. The minimum absolute atomic E-state index is 0.167. The third-order valence-corrected chi connectivity index (χ3v) is 6.11. The SMILES string of the molecule is COc1ccc(OC)c(-n2c(=S)[nH]c3cc(C(=O)Nc4cccc5ccccc45)ccc3c2=O)c1. The van der Waals surface area contributed by atoms with Gasteiger partial charge in [0.05, 0.1) is 30.8 Å². The molecule has 0 unspecified atom stereocenters. The monoisotopic (exact) mass is 483 g/mol. The smallest absolute Gasteiger partial charge is 0.266 e. The third kappa shape index (κ3) is 4.04.